The van der Waals surface area contributed by atoms with Crippen LogP contribution in [0.1, 0.15) is 28.2 Å². The Balaban J connectivity index is 1.24. The highest BCUT2D eigenvalue weighted by molar-refractivity contribution is 5.94. The van der Waals surface area contributed by atoms with E-state index in [4.69, 9.17) is 4.52 Å². The molecule has 0 radical (unpaired) electrons. The van der Waals surface area contributed by atoms with Gasteiger partial charge in [0.05, 0.1) is 5.56 Å². The minimum Gasteiger partial charge on any atom is -0.339 e. The molecule has 3 aromatic rings. The molecule has 1 aromatic heterocycles. The molecule has 0 atom stereocenters. The summed E-state index contributed by atoms with van der Waals surface area (Å²) in [5.74, 6) is 0.604. The van der Waals surface area contributed by atoms with Crippen LogP contribution in [0.3, 0.4) is 0 Å². The van der Waals surface area contributed by atoms with Crippen molar-refractivity contribution in [2.75, 3.05) is 32.7 Å². The van der Waals surface area contributed by atoms with Crippen LogP contribution in [0.2, 0.25) is 0 Å². The van der Waals surface area contributed by atoms with Crippen LogP contribution >= 0.6 is 0 Å². The maximum absolute atomic E-state index is 12.9. The zero-order chi connectivity index (χ0) is 22.6. The quantitative estimate of drug-likeness (QED) is 0.572. The fourth-order valence-electron chi connectivity index (χ4n) is 3.70. The summed E-state index contributed by atoms with van der Waals surface area (Å²) >= 11 is 0. The number of carbonyl (C=O) groups excluding carboxylic acids is 1. The molecule has 1 amide bonds. The first-order valence-electron chi connectivity index (χ1n) is 10.5. The lowest BCUT2D eigenvalue weighted by molar-refractivity contribution is -0.137. The molecule has 0 spiro atoms. The molecule has 6 nitrogen and oxygen atoms in total. The van der Waals surface area contributed by atoms with Gasteiger partial charge in [-0.25, -0.2) is 0 Å². The van der Waals surface area contributed by atoms with Crippen LogP contribution < -0.4 is 0 Å². The minimum absolute atomic E-state index is 0.0539. The van der Waals surface area contributed by atoms with Gasteiger partial charge in [-0.05, 0) is 37.2 Å². The summed E-state index contributed by atoms with van der Waals surface area (Å²) in [4.78, 5) is 20.9. The summed E-state index contributed by atoms with van der Waals surface area (Å²) in [5.41, 5.74) is 0.231. The second-order valence-corrected chi connectivity index (χ2v) is 7.69. The Morgan fingerprint density at radius 3 is 2.47 bits per heavy atom. The number of halogens is 3. The summed E-state index contributed by atoms with van der Waals surface area (Å²) in [6.07, 6.45) is -3.11. The van der Waals surface area contributed by atoms with Crippen LogP contribution in [0.15, 0.2) is 59.1 Å². The Hall–Kier alpha value is -3.20. The van der Waals surface area contributed by atoms with Crippen molar-refractivity contribution < 1.29 is 22.5 Å². The Bertz CT molecular complexity index is 1040. The van der Waals surface area contributed by atoms with Crippen molar-refractivity contribution in [2.45, 2.75) is 19.0 Å². The highest BCUT2D eigenvalue weighted by atomic mass is 19.4. The van der Waals surface area contributed by atoms with Crippen LogP contribution in [0.25, 0.3) is 11.4 Å². The van der Waals surface area contributed by atoms with Crippen molar-refractivity contribution in [1.29, 1.82) is 0 Å². The smallest absolute Gasteiger partial charge is 0.339 e. The zero-order valence-corrected chi connectivity index (χ0v) is 17.4. The lowest BCUT2D eigenvalue weighted by Gasteiger charge is -2.34. The molecule has 2 heterocycles. The van der Waals surface area contributed by atoms with Crippen LogP contribution in [0, 0.1) is 0 Å². The van der Waals surface area contributed by atoms with Crippen molar-refractivity contribution in [1.82, 2.24) is 19.9 Å². The van der Waals surface area contributed by atoms with E-state index in [0.717, 1.165) is 38.2 Å². The van der Waals surface area contributed by atoms with E-state index >= 15 is 0 Å². The predicted molar refractivity (Wildman–Crippen MR) is 112 cm³/mol. The molecule has 0 N–H and O–H groups in total. The van der Waals surface area contributed by atoms with E-state index in [1.54, 1.807) is 0 Å². The van der Waals surface area contributed by atoms with Gasteiger partial charge in [-0.1, -0.05) is 35.5 Å². The number of hydrogen-bond acceptors (Lipinski definition) is 5. The lowest BCUT2D eigenvalue weighted by Crippen LogP contribution is -2.48. The molecule has 0 bridgehead atoms. The van der Waals surface area contributed by atoms with Crippen LogP contribution in [0.4, 0.5) is 13.2 Å². The summed E-state index contributed by atoms with van der Waals surface area (Å²) in [7, 11) is 0. The molecule has 1 aliphatic rings. The number of amides is 1. The molecule has 4 rings (SSSR count). The standard InChI is InChI=1S/C23H23F3N4O2/c24-23(25,26)19-9-4-8-18(16-19)21-27-20(32-28-21)10-5-11-29-12-14-30(15-13-29)22(31)17-6-2-1-3-7-17/h1-4,6-9,16H,5,10-15H2. The van der Waals surface area contributed by atoms with Crippen molar-refractivity contribution in [3.8, 4) is 11.4 Å². The van der Waals surface area contributed by atoms with E-state index in [2.05, 4.69) is 15.0 Å². The van der Waals surface area contributed by atoms with E-state index in [1.165, 1.54) is 12.1 Å². The zero-order valence-electron chi connectivity index (χ0n) is 17.4. The Morgan fingerprint density at radius 1 is 1.00 bits per heavy atom. The molecule has 0 unspecified atom stereocenters. The van der Waals surface area contributed by atoms with Crippen molar-refractivity contribution in [2.24, 2.45) is 0 Å². The van der Waals surface area contributed by atoms with Gasteiger partial charge in [0.2, 0.25) is 11.7 Å². The molecule has 0 saturated carbocycles. The number of hydrogen-bond donors (Lipinski definition) is 0. The number of nitrogens with zero attached hydrogens (tertiary/aromatic N) is 4. The molecule has 1 fully saturated rings. The first-order chi connectivity index (χ1) is 15.4. The number of carbonyl (C=O) groups is 1. The normalized spacial score (nSPS) is 15.2. The van der Waals surface area contributed by atoms with Gasteiger partial charge in [-0.3, -0.25) is 9.69 Å². The number of piperazine rings is 1. The molecule has 9 heteroatoms. The second-order valence-electron chi connectivity index (χ2n) is 7.69. The van der Waals surface area contributed by atoms with Gasteiger partial charge in [0, 0.05) is 43.7 Å². The monoisotopic (exact) mass is 444 g/mol. The van der Waals surface area contributed by atoms with Crippen molar-refractivity contribution in [3.63, 3.8) is 0 Å². The number of benzene rings is 2. The maximum Gasteiger partial charge on any atom is 0.416 e. The highest BCUT2D eigenvalue weighted by Gasteiger charge is 2.30. The largest absolute Gasteiger partial charge is 0.416 e. The molecule has 1 saturated heterocycles. The fraction of sp³-hybridized carbons (Fsp3) is 0.348. The van der Waals surface area contributed by atoms with Gasteiger partial charge in [0.15, 0.2) is 0 Å². The number of aryl methyl sites for hydroxylation is 1. The molecule has 1 aliphatic heterocycles. The Morgan fingerprint density at radius 2 is 1.75 bits per heavy atom. The van der Waals surface area contributed by atoms with Crippen LogP contribution in [-0.4, -0.2) is 58.6 Å². The molecular weight excluding hydrogens is 421 g/mol. The Labute approximate surface area is 183 Å². The number of aromatic nitrogens is 2. The first-order valence-corrected chi connectivity index (χ1v) is 10.5. The predicted octanol–water partition coefficient (Wildman–Crippen LogP) is 4.15. The maximum atomic E-state index is 12.9. The van der Waals surface area contributed by atoms with Crippen molar-refractivity contribution in [3.05, 3.63) is 71.6 Å². The third-order valence-corrected chi connectivity index (χ3v) is 5.46. The average molecular weight is 444 g/mol. The Kier molecular flexibility index (Phi) is 6.55. The van der Waals surface area contributed by atoms with E-state index in [9.17, 15) is 18.0 Å². The first kappa shape index (κ1) is 22.0. The molecule has 168 valence electrons. The van der Waals surface area contributed by atoms with Gasteiger partial charge < -0.3 is 9.42 Å². The topological polar surface area (TPSA) is 62.5 Å². The summed E-state index contributed by atoms with van der Waals surface area (Å²) in [5, 5.41) is 3.82. The third kappa shape index (κ3) is 5.34. The fourth-order valence-corrected chi connectivity index (χ4v) is 3.70. The van der Waals surface area contributed by atoms with Crippen molar-refractivity contribution >= 4 is 5.91 Å². The SMILES string of the molecule is O=C(c1ccccc1)N1CCN(CCCc2nc(-c3cccc(C(F)(F)F)c3)no2)CC1. The second kappa shape index (κ2) is 9.52. The molecule has 2 aromatic carbocycles. The summed E-state index contributed by atoms with van der Waals surface area (Å²) in [6.45, 7) is 3.74. The van der Waals surface area contributed by atoms with Crippen LogP contribution in [-0.2, 0) is 12.6 Å². The summed E-state index contributed by atoms with van der Waals surface area (Å²) < 4.78 is 43.9. The van der Waals surface area contributed by atoms with Gasteiger partial charge in [-0.2, -0.15) is 18.2 Å². The van der Waals surface area contributed by atoms with E-state index < -0.39 is 11.7 Å². The number of rotatable bonds is 6. The highest BCUT2D eigenvalue weighted by Crippen LogP contribution is 2.31. The van der Waals surface area contributed by atoms with E-state index in [1.807, 2.05) is 35.2 Å². The van der Waals surface area contributed by atoms with E-state index in [0.29, 0.717) is 31.0 Å². The van der Waals surface area contributed by atoms with Crippen LogP contribution in [0.5, 0.6) is 0 Å². The third-order valence-electron chi connectivity index (χ3n) is 5.46. The van der Waals surface area contributed by atoms with Gasteiger partial charge in [0.1, 0.15) is 0 Å². The van der Waals surface area contributed by atoms with Gasteiger partial charge in [0.25, 0.3) is 5.91 Å². The van der Waals surface area contributed by atoms with E-state index in [-0.39, 0.29) is 17.3 Å². The van der Waals surface area contributed by atoms with Gasteiger partial charge >= 0.3 is 6.18 Å². The summed E-state index contributed by atoms with van der Waals surface area (Å²) in [6, 6.07) is 14.2. The average Bonchev–Trinajstić information content (AvgIpc) is 3.28. The number of alkyl halides is 3. The molecule has 0 aliphatic carbocycles. The van der Waals surface area contributed by atoms with Gasteiger partial charge in [-0.15, -0.1) is 0 Å². The molecule has 32 heavy (non-hydrogen) atoms. The minimum atomic E-state index is -4.42. The molecular formula is C23H23F3N4O2. The lowest BCUT2D eigenvalue weighted by atomic mass is 10.1.